The first-order valence-electron chi connectivity index (χ1n) is 4.30. The van der Waals surface area contributed by atoms with Crippen LogP contribution < -0.4 is 5.32 Å². The Kier molecular flexibility index (Phi) is 4.35. The summed E-state index contributed by atoms with van der Waals surface area (Å²) in [5.41, 5.74) is 0.681. The molecule has 0 fully saturated rings. The molecule has 1 aromatic rings. The van der Waals surface area contributed by atoms with Gasteiger partial charge in [-0.25, -0.2) is 0 Å². The maximum absolute atomic E-state index is 10.9. The normalized spacial score (nSPS) is 11.7. The maximum Gasteiger partial charge on any atom is 0.325 e. The van der Waals surface area contributed by atoms with Gasteiger partial charge in [-0.3, -0.25) is 10.1 Å². The molecular formula is C11H10BrNO2. The molecule has 0 heterocycles. The standard InChI is InChI=1S/C11H10BrNO2/c1-2-7-13-10(11(14)15)8-3-5-9(12)6-4-8/h1,3-6,10,13H,7H2,(H,14,15). The summed E-state index contributed by atoms with van der Waals surface area (Å²) in [5, 5.41) is 11.7. The second-order valence-electron chi connectivity index (χ2n) is 2.91. The average Bonchev–Trinajstić information content (AvgIpc) is 2.21. The summed E-state index contributed by atoms with van der Waals surface area (Å²) in [6.45, 7) is 0.229. The van der Waals surface area contributed by atoms with E-state index in [1.165, 1.54) is 0 Å². The Bertz CT molecular complexity index is 381. The van der Waals surface area contributed by atoms with Crippen LogP contribution in [0.25, 0.3) is 0 Å². The SMILES string of the molecule is C#CCNC(C(=O)O)c1ccc(Br)cc1. The predicted molar refractivity (Wildman–Crippen MR) is 61.4 cm³/mol. The number of aliphatic carboxylic acids is 1. The van der Waals surface area contributed by atoms with Crippen LogP contribution in [0, 0.1) is 12.3 Å². The number of benzene rings is 1. The van der Waals surface area contributed by atoms with Crippen molar-refractivity contribution in [2.24, 2.45) is 0 Å². The van der Waals surface area contributed by atoms with Gasteiger partial charge in [0, 0.05) is 4.47 Å². The van der Waals surface area contributed by atoms with Crippen LogP contribution in [0.4, 0.5) is 0 Å². The van der Waals surface area contributed by atoms with Crippen molar-refractivity contribution in [2.45, 2.75) is 6.04 Å². The molecule has 1 rings (SSSR count). The first-order chi connectivity index (χ1) is 7.15. The minimum Gasteiger partial charge on any atom is -0.480 e. The molecule has 0 radical (unpaired) electrons. The first kappa shape index (κ1) is 11.8. The second-order valence-corrected chi connectivity index (χ2v) is 3.82. The predicted octanol–water partition coefficient (Wildman–Crippen LogP) is 1.80. The number of carboxylic acids is 1. The lowest BCUT2D eigenvalue weighted by atomic mass is 10.1. The molecule has 4 heteroatoms. The van der Waals surface area contributed by atoms with Gasteiger partial charge in [-0.1, -0.05) is 34.0 Å². The largest absolute Gasteiger partial charge is 0.480 e. The molecule has 0 aromatic heterocycles. The van der Waals surface area contributed by atoms with Crippen molar-refractivity contribution in [3.63, 3.8) is 0 Å². The highest BCUT2D eigenvalue weighted by atomic mass is 79.9. The summed E-state index contributed by atoms with van der Waals surface area (Å²) < 4.78 is 0.910. The van der Waals surface area contributed by atoms with Gasteiger partial charge in [0.1, 0.15) is 6.04 Å². The minimum atomic E-state index is -0.937. The van der Waals surface area contributed by atoms with E-state index in [-0.39, 0.29) is 6.54 Å². The van der Waals surface area contributed by atoms with E-state index < -0.39 is 12.0 Å². The monoisotopic (exact) mass is 267 g/mol. The van der Waals surface area contributed by atoms with Crippen molar-refractivity contribution in [3.05, 3.63) is 34.3 Å². The summed E-state index contributed by atoms with van der Waals surface area (Å²) in [6, 6.07) is 6.32. The molecule has 1 atom stereocenters. The molecule has 2 N–H and O–H groups in total. The number of carbonyl (C=O) groups is 1. The van der Waals surface area contributed by atoms with Crippen LogP contribution in [0.1, 0.15) is 11.6 Å². The summed E-state index contributed by atoms with van der Waals surface area (Å²) in [6.07, 6.45) is 5.07. The highest BCUT2D eigenvalue weighted by Crippen LogP contribution is 2.16. The molecule has 0 bridgehead atoms. The molecule has 15 heavy (non-hydrogen) atoms. The first-order valence-corrected chi connectivity index (χ1v) is 5.09. The Morgan fingerprint density at radius 3 is 2.60 bits per heavy atom. The molecule has 78 valence electrons. The quantitative estimate of drug-likeness (QED) is 0.818. The van der Waals surface area contributed by atoms with Crippen LogP contribution in [0.5, 0.6) is 0 Å². The molecule has 1 aromatic carbocycles. The van der Waals surface area contributed by atoms with Gasteiger partial charge in [-0.05, 0) is 17.7 Å². The van der Waals surface area contributed by atoms with Crippen LogP contribution in [0.15, 0.2) is 28.7 Å². The van der Waals surface area contributed by atoms with Gasteiger partial charge in [0.2, 0.25) is 0 Å². The fourth-order valence-electron chi connectivity index (χ4n) is 1.16. The fraction of sp³-hybridized carbons (Fsp3) is 0.182. The highest BCUT2D eigenvalue weighted by Gasteiger charge is 2.17. The van der Waals surface area contributed by atoms with Gasteiger partial charge >= 0.3 is 5.97 Å². The van der Waals surface area contributed by atoms with Crippen molar-refractivity contribution in [2.75, 3.05) is 6.54 Å². The number of hydrogen-bond donors (Lipinski definition) is 2. The molecule has 0 spiro atoms. The van der Waals surface area contributed by atoms with Crippen molar-refractivity contribution in [1.82, 2.24) is 5.32 Å². The van der Waals surface area contributed by atoms with E-state index in [4.69, 9.17) is 11.5 Å². The lowest BCUT2D eigenvalue weighted by Gasteiger charge is -2.12. The summed E-state index contributed by atoms with van der Waals surface area (Å²) in [5.74, 6) is 1.41. The molecular weight excluding hydrogens is 258 g/mol. The van der Waals surface area contributed by atoms with E-state index >= 15 is 0 Å². The Labute approximate surface area is 96.6 Å². The van der Waals surface area contributed by atoms with Crippen molar-refractivity contribution < 1.29 is 9.90 Å². The van der Waals surface area contributed by atoms with E-state index in [1.54, 1.807) is 24.3 Å². The lowest BCUT2D eigenvalue weighted by Crippen LogP contribution is -2.28. The number of carboxylic acid groups (broad SMARTS) is 1. The molecule has 0 aliphatic rings. The van der Waals surface area contributed by atoms with Crippen molar-refractivity contribution >= 4 is 21.9 Å². The van der Waals surface area contributed by atoms with E-state index in [2.05, 4.69) is 27.2 Å². The van der Waals surface area contributed by atoms with Gasteiger partial charge in [0.25, 0.3) is 0 Å². The average molecular weight is 268 g/mol. The zero-order valence-electron chi connectivity index (χ0n) is 7.90. The highest BCUT2D eigenvalue weighted by molar-refractivity contribution is 9.10. The van der Waals surface area contributed by atoms with Crippen LogP contribution in [0.3, 0.4) is 0 Å². The molecule has 0 aliphatic heterocycles. The van der Waals surface area contributed by atoms with Gasteiger partial charge in [-0.2, -0.15) is 0 Å². The number of halogens is 1. The van der Waals surface area contributed by atoms with Gasteiger partial charge in [0.05, 0.1) is 6.54 Å². The smallest absolute Gasteiger partial charge is 0.325 e. The Hall–Kier alpha value is -1.31. The molecule has 1 unspecified atom stereocenters. The third-order valence-corrected chi connectivity index (χ3v) is 2.39. The third-order valence-electron chi connectivity index (χ3n) is 1.86. The van der Waals surface area contributed by atoms with Crippen LogP contribution in [-0.4, -0.2) is 17.6 Å². The zero-order chi connectivity index (χ0) is 11.3. The summed E-state index contributed by atoms with van der Waals surface area (Å²) >= 11 is 3.28. The van der Waals surface area contributed by atoms with Gasteiger partial charge in [0.15, 0.2) is 0 Å². The lowest BCUT2D eigenvalue weighted by molar-refractivity contribution is -0.139. The molecule has 0 aliphatic carbocycles. The number of rotatable bonds is 4. The Morgan fingerprint density at radius 2 is 2.13 bits per heavy atom. The van der Waals surface area contributed by atoms with Gasteiger partial charge in [-0.15, -0.1) is 6.42 Å². The minimum absolute atomic E-state index is 0.229. The second kappa shape index (κ2) is 5.54. The van der Waals surface area contributed by atoms with E-state index in [0.717, 1.165) is 4.47 Å². The van der Waals surface area contributed by atoms with Crippen LogP contribution in [0.2, 0.25) is 0 Å². The van der Waals surface area contributed by atoms with Crippen LogP contribution >= 0.6 is 15.9 Å². The van der Waals surface area contributed by atoms with E-state index in [1.807, 2.05) is 0 Å². The number of nitrogens with one attached hydrogen (secondary N) is 1. The van der Waals surface area contributed by atoms with Crippen molar-refractivity contribution in [3.8, 4) is 12.3 Å². The van der Waals surface area contributed by atoms with Crippen LogP contribution in [-0.2, 0) is 4.79 Å². The number of terminal acetylenes is 1. The molecule has 0 saturated heterocycles. The molecule has 0 saturated carbocycles. The molecule has 3 nitrogen and oxygen atoms in total. The number of hydrogen-bond acceptors (Lipinski definition) is 2. The Balaban J connectivity index is 2.85. The zero-order valence-corrected chi connectivity index (χ0v) is 9.49. The Morgan fingerprint density at radius 1 is 1.53 bits per heavy atom. The van der Waals surface area contributed by atoms with E-state index in [9.17, 15) is 4.79 Å². The van der Waals surface area contributed by atoms with Gasteiger partial charge < -0.3 is 5.11 Å². The van der Waals surface area contributed by atoms with E-state index in [0.29, 0.717) is 5.56 Å². The topological polar surface area (TPSA) is 49.3 Å². The summed E-state index contributed by atoms with van der Waals surface area (Å²) in [4.78, 5) is 10.9. The third kappa shape index (κ3) is 3.39. The maximum atomic E-state index is 10.9. The fourth-order valence-corrected chi connectivity index (χ4v) is 1.43. The molecule has 0 amide bonds. The summed E-state index contributed by atoms with van der Waals surface area (Å²) in [7, 11) is 0. The van der Waals surface area contributed by atoms with Crippen molar-refractivity contribution in [1.29, 1.82) is 0 Å².